The third kappa shape index (κ3) is 2.00. The highest BCUT2D eigenvalue weighted by Gasteiger charge is 2.21. The molecular weight excluding hydrogens is 281 g/mol. The van der Waals surface area contributed by atoms with Crippen molar-refractivity contribution in [2.75, 3.05) is 11.4 Å². The van der Waals surface area contributed by atoms with E-state index in [1.807, 2.05) is 4.57 Å². The molecule has 2 aromatic heterocycles. The lowest BCUT2D eigenvalue weighted by molar-refractivity contribution is 0.559. The molecule has 90 valence electrons. The SMILES string of the molecule is ClCc1sc(N2CCn3cnnc3C2)nc1Cl. The van der Waals surface area contributed by atoms with E-state index in [0.717, 1.165) is 28.9 Å². The molecule has 0 fully saturated rings. The third-order valence-corrected chi connectivity index (χ3v) is 4.64. The summed E-state index contributed by atoms with van der Waals surface area (Å²) in [7, 11) is 0. The van der Waals surface area contributed by atoms with Gasteiger partial charge in [-0.1, -0.05) is 22.9 Å². The van der Waals surface area contributed by atoms with Crippen LogP contribution in [0, 0.1) is 0 Å². The minimum Gasteiger partial charge on any atom is -0.339 e. The Bertz CT molecular complexity index is 537. The van der Waals surface area contributed by atoms with Crippen LogP contribution >= 0.6 is 34.5 Å². The molecule has 2 aromatic rings. The molecule has 17 heavy (non-hydrogen) atoms. The van der Waals surface area contributed by atoms with Crippen LogP contribution in [0.3, 0.4) is 0 Å². The van der Waals surface area contributed by atoms with Gasteiger partial charge >= 0.3 is 0 Å². The zero-order valence-corrected chi connectivity index (χ0v) is 11.1. The molecule has 0 saturated carbocycles. The number of hydrogen-bond donors (Lipinski definition) is 0. The van der Waals surface area contributed by atoms with Crippen LogP contribution in [0.25, 0.3) is 0 Å². The Labute approximate surface area is 112 Å². The predicted molar refractivity (Wildman–Crippen MR) is 67.8 cm³/mol. The Morgan fingerprint density at radius 1 is 1.41 bits per heavy atom. The zero-order valence-electron chi connectivity index (χ0n) is 8.81. The normalized spacial score (nSPS) is 15.1. The van der Waals surface area contributed by atoms with Crippen LogP contribution in [0.5, 0.6) is 0 Å². The summed E-state index contributed by atoms with van der Waals surface area (Å²) in [5.41, 5.74) is 0. The smallest absolute Gasteiger partial charge is 0.187 e. The van der Waals surface area contributed by atoms with Crippen molar-refractivity contribution in [1.29, 1.82) is 0 Å². The molecule has 0 aliphatic carbocycles. The largest absolute Gasteiger partial charge is 0.339 e. The Morgan fingerprint density at radius 3 is 3.06 bits per heavy atom. The van der Waals surface area contributed by atoms with Crippen LogP contribution in [0.4, 0.5) is 5.13 Å². The van der Waals surface area contributed by atoms with Gasteiger partial charge in [-0.05, 0) is 0 Å². The van der Waals surface area contributed by atoms with Crippen molar-refractivity contribution >= 4 is 39.7 Å². The highest BCUT2D eigenvalue weighted by atomic mass is 35.5. The molecular formula is C9H9Cl2N5S. The second-order valence-corrected chi connectivity index (χ2v) is 5.39. The molecule has 0 saturated heterocycles. The van der Waals surface area contributed by atoms with Crippen molar-refractivity contribution in [3.8, 4) is 0 Å². The first-order valence-electron chi connectivity index (χ1n) is 5.10. The first-order chi connectivity index (χ1) is 8.28. The van der Waals surface area contributed by atoms with Gasteiger partial charge in [-0.25, -0.2) is 4.98 Å². The first-order valence-corrected chi connectivity index (χ1v) is 6.83. The molecule has 0 aromatic carbocycles. The fraction of sp³-hybridized carbons (Fsp3) is 0.444. The lowest BCUT2D eigenvalue weighted by Gasteiger charge is -2.26. The average Bonchev–Trinajstić information content (AvgIpc) is 2.93. The number of fused-ring (bicyclic) bond motifs is 1. The molecule has 0 unspecified atom stereocenters. The maximum atomic E-state index is 6.00. The molecule has 0 radical (unpaired) electrons. The first kappa shape index (κ1) is 11.3. The number of thiazole rings is 1. The second-order valence-electron chi connectivity index (χ2n) is 3.71. The minimum atomic E-state index is 0.403. The summed E-state index contributed by atoms with van der Waals surface area (Å²) in [4.78, 5) is 7.39. The lowest BCUT2D eigenvalue weighted by atomic mass is 10.4. The van der Waals surface area contributed by atoms with Gasteiger partial charge in [0, 0.05) is 13.1 Å². The van der Waals surface area contributed by atoms with Gasteiger partial charge in [0.25, 0.3) is 0 Å². The molecule has 0 spiro atoms. The molecule has 1 aliphatic rings. The fourth-order valence-corrected chi connectivity index (χ4v) is 3.27. The van der Waals surface area contributed by atoms with E-state index in [-0.39, 0.29) is 0 Å². The van der Waals surface area contributed by atoms with E-state index < -0.39 is 0 Å². The highest BCUT2D eigenvalue weighted by molar-refractivity contribution is 7.16. The van der Waals surface area contributed by atoms with E-state index in [2.05, 4.69) is 20.1 Å². The van der Waals surface area contributed by atoms with Crippen LogP contribution in [-0.4, -0.2) is 26.3 Å². The molecule has 0 bridgehead atoms. The monoisotopic (exact) mass is 289 g/mol. The molecule has 3 heterocycles. The van der Waals surface area contributed by atoms with Gasteiger partial charge in [0.05, 0.1) is 17.3 Å². The van der Waals surface area contributed by atoms with Gasteiger partial charge in [-0.2, -0.15) is 0 Å². The summed E-state index contributed by atoms with van der Waals surface area (Å²) in [6.45, 7) is 2.47. The van der Waals surface area contributed by atoms with Gasteiger partial charge in [-0.15, -0.1) is 21.8 Å². The van der Waals surface area contributed by atoms with Gasteiger partial charge in [-0.3, -0.25) is 0 Å². The Morgan fingerprint density at radius 2 is 2.29 bits per heavy atom. The van der Waals surface area contributed by atoms with E-state index in [1.54, 1.807) is 6.33 Å². The van der Waals surface area contributed by atoms with Crippen LogP contribution < -0.4 is 4.90 Å². The van der Waals surface area contributed by atoms with Crippen LogP contribution in [0.15, 0.2) is 6.33 Å². The summed E-state index contributed by atoms with van der Waals surface area (Å²) >= 11 is 13.3. The van der Waals surface area contributed by atoms with Gasteiger partial charge < -0.3 is 9.47 Å². The summed E-state index contributed by atoms with van der Waals surface area (Å²) in [6.07, 6.45) is 1.76. The highest BCUT2D eigenvalue weighted by Crippen LogP contribution is 2.32. The minimum absolute atomic E-state index is 0.403. The van der Waals surface area contributed by atoms with Crippen molar-refractivity contribution in [3.05, 3.63) is 22.2 Å². The number of aromatic nitrogens is 4. The van der Waals surface area contributed by atoms with Crippen molar-refractivity contribution in [1.82, 2.24) is 19.7 Å². The van der Waals surface area contributed by atoms with Gasteiger partial charge in [0.1, 0.15) is 11.5 Å². The molecule has 1 aliphatic heterocycles. The van der Waals surface area contributed by atoms with E-state index in [9.17, 15) is 0 Å². The summed E-state index contributed by atoms with van der Waals surface area (Å²) in [5.74, 6) is 1.36. The maximum Gasteiger partial charge on any atom is 0.187 e. The lowest BCUT2D eigenvalue weighted by Crippen LogP contribution is -2.33. The quantitative estimate of drug-likeness (QED) is 0.795. The number of hydrogen-bond acceptors (Lipinski definition) is 5. The average molecular weight is 290 g/mol. The van der Waals surface area contributed by atoms with E-state index in [1.165, 1.54) is 11.3 Å². The summed E-state index contributed by atoms with van der Waals surface area (Å²) < 4.78 is 2.05. The standard InChI is InChI=1S/C9H9Cl2N5S/c10-3-6-8(11)13-9(17-6)15-1-2-16-5-12-14-7(16)4-15/h5H,1-4H2. The Hall–Kier alpha value is -0.850. The molecule has 3 rings (SSSR count). The molecule has 0 amide bonds. The van der Waals surface area contributed by atoms with Crippen LogP contribution in [-0.2, 0) is 19.0 Å². The van der Waals surface area contributed by atoms with Crippen molar-refractivity contribution in [2.45, 2.75) is 19.0 Å². The number of halogens is 2. The van der Waals surface area contributed by atoms with Crippen molar-refractivity contribution in [3.63, 3.8) is 0 Å². The molecule has 5 nitrogen and oxygen atoms in total. The van der Waals surface area contributed by atoms with Gasteiger partial charge in [0.15, 0.2) is 11.0 Å². The topological polar surface area (TPSA) is 46.8 Å². The predicted octanol–water partition coefficient (Wildman–Crippen LogP) is 2.15. The van der Waals surface area contributed by atoms with Gasteiger partial charge in [0.2, 0.25) is 0 Å². The van der Waals surface area contributed by atoms with E-state index in [4.69, 9.17) is 23.2 Å². The second kappa shape index (κ2) is 4.44. The van der Waals surface area contributed by atoms with E-state index >= 15 is 0 Å². The molecule has 0 N–H and O–H groups in total. The molecule has 8 heteroatoms. The number of nitrogens with zero attached hydrogens (tertiary/aromatic N) is 5. The number of anilines is 1. The summed E-state index contributed by atoms with van der Waals surface area (Å²) in [6, 6.07) is 0. The Balaban J connectivity index is 1.86. The maximum absolute atomic E-state index is 6.00. The zero-order chi connectivity index (χ0) is 11.8. The number of rotatable bonds is 2. The van der Waals surface area contributed by atoms with Crippen molar-refractivity contribution in [2.24, 2.45) is 0 Å². The number of alkyl halides is 1. The van der Waals surface area contributed by atoms with E-state index in [0.29, 0.717) is 17.6 Å². The van der Waals surface area contributed by atoms with Crippen molar-refractivity contribution < 1.29 is 0 Å². The summed E-state index contributed by atoms with van der Waals surface area (Å²) in [5, 5.41) is 9.37. The fourth-order valence-electron chi connectivity index (χ4n) is 1.77. The van der Waals surface area contributed by atoms with Crippen LogP contribution in [0.1, 0.15) is 10.7 Å². The molecule has 0 atom stereocenters. The third-order valence-electron chi connectivity index (χ3n) is 2.67. The Kier molecular flexibility index (Phi) is 2.94. The van der Waals surface area contributed by atoms with Crippen LogP contribution in [0.2, 0.25) is 5.15 Å².